The molecular weight excluding hydrogens is 178 g/mol. The van der Waals surface area contributed by atoms with Crippen LogP contribution in [0.1, 0.15) is 38.6 Å². The number of nitrogens with zero attached hydrogens (tertiary/aromatic N) is 1. The predicted octanol–water partition coefficient (Wildman–Crippen LogP) is 1.77. The number of aromatic amines is 1. The average Bonchev–Trinajstić information content (AvgIpc) is 2.64. The summed E-state index contributed by atoms with van der Waals surface area (Å²) >= 11 is 0. The summed E-state index contributed by atoms with van der Waals surface area (Å²) in [5.74, 6) is 0.0515. The third-order valence-corrected chi connectivity index (χ3v) is 1.55. The third kappa shape index (κ3) is 4.64. The second-order valence-corrected chi connectivity index (χ2v) is 2.67. The van der Waals surface area contributed by atoms with Gasteiger partial charge >= 0.3 is 0 Å². The summed E-state index contributed by atoms with van der Waals surface area (Å²) in [4.78, 5) is 10.8. The number of nitrogens with one attached hydrogen (secondary N) is 2. The van der Waals surface area contributed by atoms with Gasteiger partial charge in [-0.3, -0.25) is 9.89 Å². The maximum atomic E-state index is 10.8. The molecule has 0 aliphatic rings. The van der Waals surface area contributed by atoms with Gasteiger partial charge in [0.25, 0.3) is 0 Å². The second-order valence-electron chi connectivity index (χ2n) is 2.67. The maximum Gasteiger partial charge on any atom is 0.220 e. The van der Waals surface area contributed by atoms with Crippen molar-refractivity contribution in [1.82, 2.24) is 15.5 Å². The minimum Gasteiger partial charge on any atom is -0.350 e. The Bertz CT molecular complexity index is 268. The van der Waals surface area contributed by atoms with Crippen LogP contribution >= 0.6 is 0 Å². The van der Waals surface area contributed by atoms with Crippen molar-refractivity contribution in [3.63, 3.8) is 0 Å². The van der Waals surface area contributed by atoms with E-state index < -0.39 is 0 Å². The molecule has 1 aromatic rings. The summed E-state index contributed by atoms with van der Waals surface area (Å²) < 4.78 is 0. The summed E-state index contributed by atoms with van der Waals surface area (Å²) in [6, 6.07) is 1.91. The van der Waals surface area contributed by atoms with E-state index in [4.69, 9.17) is 0 Å². The lowest BCUT2D eigenvalue weighted by Crippen LogP contribution is -2.21. The topological polar surface area (TPSA) is 57.8 Å². The van der Waals surface area contributed by atoms with Crippen LogP contribution in [0.15, 0.2) is 6.07 Å². The highest BCUT2D eigenvalue weighted by Crippen LogP contribution is 1.96. The van der Waals surface area contributed by atoms with Gasteiger partial charge in [0.05, 0.1) is 12.2 Å². The number of carbonyl (C=O) groups is 1. The number of aromatic nitrogens is 2. The van der Waals surface area contributed by atoms with Crippen molar-refractivity contribution in [1.29, 1.82) is 0 Å². The summed E-state index contributed by atoms with van der Waals surface area (Å²) in [6.07, 6.45) is 0.517. The smallest absolute Gasteiger partial charge is 0.220 e. The molecule has 0 bridgehead atoms. The zero-order chi connectivity index (χ0) is 11.0. The molecule has 0 spiro atoms. The second kappa shape index (κ2) is 7.12. The minimum absolute atomic E-state index is 0.0515. The number of aryl methyl sites for hydroxylation is 1. The lowest BCUT2D eigenvalue weighted by atomic mass is 10.3. The van der Waals surface area contributed by atoms with Gasteiger partial charge < -0.3 is 5.32 Å². The summed E-state index contributed by atoms with van der Waals surface area (Å²) in [5.41, 5.74) is 1.88. The van der Waals surface area contributed by atoms with E-state index in [0.717, 1.165) is 11.4 Å². The van der Waals surface area contributed by atoms with E-state index >= 15 is 0 Å². The van der Waals surface area contributed by atoms with Crippen LogP contribution in [0.25, 0.3) is 0 Å². The van der Waals surface area contributed by atoms with Crippen molar-refractivity contribution in [2.75, 3.05) is 0 Å². The summed E-state index contributed by atoms with van der Waals surface area (Å²) in [7, 11) is 0. The average molecular weight is 197 g/mol. The number of hydrogen-bond donors (Lipinski definition) is 2. The zero-order valence-electron chi connectivity index (χ0n) is 9.35. The van der Waals surface area contributed by atoms with E-state index in [1.807, 2.05) is 33.8 Å². The van der Waals surface area contributed by atoms with Crippen molar-refractivity contribution < 1.29 is 4.79 Å². The molecule has 80 valence electrons. The van der Waals surface area contributed by atoms with Crippen molar-refractivity contribution in [3.8, 4) is 0 Å². The van der Waals surface area contributed by atoms with Crippen LogP contribution in [-0.4, -0.2) is 16.1 Å². The molecule has 0 saturated carbocycles. The Balaban J connectivity index is 0.000000791. The number of amides is 1. The Hall–Kier alpha value is -1.32. The van der Waals surface area contributed by atoms with Gasteiger partial charge in [-0.1, -0.05) is 20.8 Å². The maximum absolute atomic E-state index is 10.8. The summed E-state index contributed by atoms with van der Waals surface area (Å²) in [5, 5.41) is 9.53. The van der Waals surface area contributed by atoms with Gasteiger partial charge in [-0.15, -0.1) is 0 Å². The van der Waals surface area contributed by atoms with Crippen LogP contribution in [0.2, 0.25) is 0 Å². The molecule has 0 aromatic carbocycles. The highest BCUT2D eigenvalue weighted by atomic mass is 16.1. The van der Waals surface area contributed by atoms with E-state index in [0.29, 0.717) is 13.0 Å². The molecule has 0 radical (unpaired) electrons. The Kier molecular flexibility index (Phi) is 6.45. The molecule has 1 rings (SSSR count). The lowest BCUT2D eigenvalue weighted by Gasteiger charge is -1.98. The number of carbonyl (C=O) groups excluding carboxylic acids is 1. The van der Waals surface area contributed by atoms with E-state index in [9.17, 15) is 4.79 Å². The molecule has 1 heterocycles. The van der Waals surface area contributed by atoms with Crippen molar-refractivity contribution in [2.24, 2.45) is 0 Å². The quantitative estimate of drug-likeness (QED) is 0.775. The van der Waals surface area contributed by atoms with Crippen molar-refractivity contribution in [2.45, 2.75) is 40.7 Å². The molecule has 0 aliphatic heterocycles. The molecule has 2 N–H and O–H groups in total. The standard InChI is InChI=1S/C8H13N3O.C2H6/c1-3-8(12)9-5-7-4-6(2)10-11-7;1-2/h4H,3,5H2,1-2H3,(H,9,12)(H,10,11);1-2H3. The van der Waals surface area contributed by atoms with Crippen LogP contribution < -0.4 is 5.32 Å². The first-order chi connectivity index (χ1) is 6.72. The van der Waals surface area contributed by atoms with Gasteiger partial charge in [0.15, 0.2) is 0 Å². The highest BCUT2D eigenvalue weighted by molar-refractivity contribution is 5.75. The van der Waals surface area contributed by atoms with Gasteiger partial charge in [0, 0.05) is 12.1 Å². The molecule has 14 heavy (non-hydrogen) atoms. The molecule has 1 aromatic heterocycles. The Morgan fingerprint density at radius 3 is 2.64 bits per heavy atom. The van der Waals surface area contributed by atoms with Crippen LogP contribution in [0.4, 0.5) is 0 Å². The number of rotatable bonds is 3. The minimum atomic E-state index is 0.0515. The Morgan fingerprint density at radius 2 is 2.21 bits per heavy atom. The van der Waals surface area contributed by atoms with Gasteiger partial charge in [-0.2, -0.15) is 5.10 Å². The molecule has 0 fully saturated rings. The Labute approximate surface area is 85.1 Å². The number of H-pyrrole nitrogens is 1. The normalized spacial score (nSPS) is 8.86. The van der Waals surface area contributed by atoms with E-state index in [1.54, 1.807) is 0 Å². The van der Waals surface area contributed by atoms with E-state index in [1.165, 1.54) is 0 Å². The van der Waals surface area contributed by atoms with Crippen LogP contribution in [0.5, 0.6) is 0 Å². The SMILES string of the molecule is CC.CCC(=O)NCc1cc(C)[nH]n1. The highest BCUT2D eigenvalue weighted by Gasteiger charge is 1.99. The van der Waals surface area contributed by atoms with Crippen molar-refractivity contribution in [3.05, 3.63) is 17.5 Å². The van der Waals surface area contributed by atoms with Crippen LogP contribution in [-0.2, 0) is 11.3 Å². The molecule has 0 saturated heterocycles. The predicted molar refractivity (Wildman–Crippen MR) is 56.8 cm³/mol. The zero-order valence-corrected chi connectivity index (χ0v) is 9.35. The van der Waals surface area contributed by atoms with Crippen LogP contribution in [0.3, 0.4) is 0 Å². The van der Waals surface area contributed by atoms with Gasteiger partial charge in [-0.05, 0) is 13.0 Å². The lowest BCUT2D eigenvalue weighted by molar-refractivity contribution is -0.120. The molecule has 4 nitrogen and oxygen atoms in total. The van der Waals surface area contributed by atoms with E-state index in [2.05, 4.69) is 15.5 Å². The molecule has 4 heteroatoms. The molecular formula is C10H19N3O. The summed E-state index contributed by atoms with van der Waals surface area (Å²) in [6.45, 7) is 8.26. The first-order valence-corrected chi connectivity index (χ1v) is 5.00. The molecule has 0 unspecified atom stereocenters. The largest absolute Gasteiger partial charge is 0.350 e. The molecule has 1 amide bonds. The third-order valence-electron chi connectivity index (χ3n) is 1.55. The Morgan fingerprint density at radius 1 is 1.57 bits per heavy atom. The van der Waals surface area contributed by atoms with Crippen molar-refractivity contribution >= 4 is 5.91 Å². The first-order valence-electron chi connectivity index (χ1n) is 5.00. The molecule has 0 aliphatic carbocycles. The van der Waals surface area contributed by atoms with Gasteiger partial charge in [0.1, 0.15) is 0 Å². The van der Waals surface area contributed by atoms with Gasteiger partial charge in [-0.25, -0.2) is 0 Å². The fourth-order valence-corrected chi connectivity index (χ4v) is 0.879. The van der Waals surface area contributed by atoms with Crippen LogP contribution in [0, 0.1) is 6.92 Å². The molecule has 0 atom stereocenters. The number of hydrogen-bond acceptors (Lipinski definition) is 2. The monoisotopic (exact) mass is 197 g/mol. The fourth-order valence-electron chi connectivity index (χ4n) is 0.879. The first kappa shape index (κ1) is 12.7. The van der Waals surface area contributed by atoms with Gasteiger partial charge in [0.2, 0.25) is 5.91 Å². The fraction of sp³-hybridized carbons (Fsp3) is 0.600. The van der Waals surface area contributed by atoms with E-state index in [-0.39, 0.29) is 5.91 Å².